The summed E-state index contributed by atoms with van der Waals surface area (Å²) in [6, 6.07) is 7.54. The van der Waals surface area contributed by atoms with Crippen molar-refractivity contribution in [2.24, 2.45) is 0 Å². The number of rotatable bonds is 0. The Balaban J connectivity index is 3.01. The number of pyridine rings is 1. The van der Waals surface area contributed by atoms with Crippen LogP contribution in [0.1, 0.15) is 5.69 Å². The number of hydrogen-bond donors (Lipinski definition) is 1. The molecule has 0 aliphatic carbocycles. The van der Waals surface area contributed by atoms with E-state index >= 15 is 0 Å². The molecule has 1 heterocycles. The van der Waals surface area contributed by atoms with Crippen molar-refractivity contribution >= 4 is 32.4 Å². The second-order valence-electron chi connectivity index (χ2n) is 2.84. The van der Waals surface area contributed by atoms with Gasteiger partial charge in [0.1, 0.15) is 11.8 Å². The van der Waals surface area contributed by atoms with Crippen molar-refractivity contribution < 1.29 is 0 Å². The van der Waals surface area contributed by atoms with Gasteiger partial charge in [-0.3, -0.25) is 0 Å². The Labute approximate surface area is 89.3 Å². The van der Waals surface area contributed by atoms with Crippen LogP contribution in [0.2, 0.25) is 0 Å². The van der Waals surface area contributed by atoms with Crippen molar-refractivity contribution in [3.63, 3.8) is 0 Å². The number of hydrogen-bond acceptors (Lipinski definition) is 3. The molecule has 0 fully saturated rings. The zero-order valence-corrected chi connectivity index (χ0v) is 8.75. The fourth-order valence-electron chi connectivity index (χ4n) is 1.37. The number of halogens is 1. The number of benzene rings is 1. The second kappa shape index (κ2) is 3.28. The molecule has 2 N–H and O–H groups in total. The van der Waals surface area contributed by atoms with Crippen LogP contribution in [0.5, 0.6) is 0 Å². The van der Waals surface area contributed by atoms with Crippen molar-refractivity contribution in [1.82, 2.24) is 4.98 Å². The summed E-state index contributed by atoms with van der Waals surface area (Å²) < 4.78 is 0.846. The Morgan fingerprint density at radius 3 is 2.93 bits per heavy atom. The molecule has 1 aromatic heterocycles. The summed E-state index contributed by atoms with van der Waals surface area (Å²) in [7, 11) is 0. The van der Waals surface area contributed by atoms with Crippen LogP contribution in [0.4, 0.5) is 5.69 Å². The van der Waals surface area contributed by atoms with Gasteiger partial charge in [-0.25, -0.2) is 4.98 Å². The first kappa shape index (κ1) is 8.97. The summed E-state index contributed by atoms with van der Waals surface area (Å²) in [5, 5.41) is 10.5. The molecule has 4 heteroatoms. The maximum Gasteiger partial charge on any atom is 0.150 e. The van der Waals surface area contributed by atoms with Crippen LogP contribution in [0.25, 0.3) is 10.8 Å². The van der Waals surface area contributed by atoms with Gasteiger partial charge >= 0.3 is 0 Å². The predicted octanol–water partition coefficient (Wildman–Crippen LogP) is 2.45. The van der Waals surface area contributed by atoms with E-state index in [0.717, 1.165) is 9.86 Å². The summed E-state index contributed by atoms with van der Waals surface area (Å²) >= 11 is 3.37. The molecule has 0 spiro atoms. The molecule has 2 aromatic rings. The third-order valence-corrected chi connectivity index (χ3v) is 2.64. The van der Waals surface area contributed by atoms with E-state index in [1.54, 1.807) is 12.3 Å². The molecule has 68 valence electrons. The highest BCUT2D eigenvalue weighted by atomic mass is 79.9. The van der Waals surface area contributed by atoms with Crippen LogP contribution < -0.4 is 5.73 Å². The Hall–Kier alpha value is -1.60. The second-order valence-corrected chi connectivity index (χ2v) is 3.69. The van der Waals surface area contributed by atoms with E-state index in [4.69, 9.17) is 11.0 Å². The molecule has 14 heavy (non-hydrogen) atoms. The molecule has 0 amide bonds. The first-order valence-corrected chi connectivity index (χ1v) is 4.76. The molecule has 3 nitrogen and oxygen atoms in total. The van der Waals surface area contributed by atoms with Crippen LogP contribution in [-0.2, 0) is 0 Å². The minimum atomic E-state index is 0.362. The van der Waals surface area contributed by atoms with Crippen LogP contribution in [0, 0.1) is 11.3 Å². The first-order valence-electron chi connectivity index (χ1n) is 3.97. The fourth-order valence-corrected chi connectivity index (χ4v) is 1.81. The van der Waals surface area contributed by atoms with E-state index in [1.165, 1.54) is 0 Å². The molecule has 0 radical (unpaired) electrons. The Kier molecular flexibility index (Phi) is 2.10. The summed E-state index contributed by atoms with van der Waals surface area (Å²) in [4.78, 5) is 4.00. The Bertz CT molecular complexity index is 543. The monoisotopic (exact) mass is 247 g/mol. The molecule has 0 bridgehead atoms. The molecular weight excluding hydrogens is 242 g/mol. The molecule has 2 rings (SSSR count). The van der Waals surface area contributed by atoms with Crippen molar-refractivity contribution in [2.45, 2.75) is 0 Å². The van der Waals surface area contributed by atoms with Gasteiger partial charge in [0.05, 0.1) is 0 Å². The lowest BCUT2D eigenvalue weighted by atomic mass is 10.1. The molecule has 1 aromatic carbocycles. The van der Waals surface area contributed by atoms with E-state index in [1.807, 2.05) is 18.2 Å². The zero-order valence-electron chi connectivity index (χ0n) is 7.16. The van der Waals surface area contributed by atoms with Crippen LogP contribution >= 0.6 is 15.9 Å². The highest BCUT2D eigenvalue weighted by Gasteiger charge is 2.07. The van der Waals surface area contributed by atoms with Gasteiger partial charge in [0.2, 0.25) is 0 Å². The van der Waals surface area contributed by atoms with Crippen molar-refractivity contribution in [3.8, 4) is 6.07 Å². The standard InChI is InChI=1S/C10H6BrN3/c11-7-5-14-9(4-12)10-6(7)2-1-3-8(10)13/h1-3,5H,13H2. The minimum absolute atomic E-state index is 0.362. The van der Waals surface area contributed by atoms with Crippen molar-refractivity contribution in [3.05, 3.63) is 34.6 Å². The first-order chi connectivity index (χ1) is 6.74. The van der Waals surface area contributed by atoms with Gasteiger partial charge in [0.15, 0.2) is 0 Å². The number of fused-ring (bicyclic) bond motifs is 1. The Morgan fingerprint density at radius 1 is 1.43 bits per heavy atom. The van der Waals surface area contributed by atoms with E-state index in [-0.39, 0.29) is 0 Å². The largest absolute Gasteiger partial charge is 0.398 e. The van der Waals surface area contributed by atoms with Crippen LogP contribution in [0.3, 0.4) is 0 Å². The lowest BCUT2D eigenvalue weighted by Gasteiger charge is -2.04. The highest BCUT2D eigenvalue weighted by Crippen LogP contribution is 2.28. The molecule has 0 aliphatic rings. The Morgan fingerprint density at radius 2 is 2.21 bits per heavy atom. The third kappa shape index (κ3) is 1.22. The number of nitrogens with two attached hydrogens (primary N) is 1. The number of aromatic nitrogens is 1. The molecule has 0 unspecified atom stereocenters. The quantitative estimate of drug-likeness (QED) is 0.728. The molecule has 0 atom stereocenters. The normalized spacial score (nSPS) is 10.0. The summed E-state index contributed by atoms with van der Waals surface area (Å²) in [6.07, 6.45) is 1.61. The summed E-state index contributed by atoms with van der Waals surface area (Å²) in [5.74, 6) is 0. The maximum absolute atomic E-state index is 8.87. The van der Waals surface area contributed by atoms with Gasteiger partial charge in [-0.2, -0.15) is 5.26 Å². The highest BCUT2D eigenvalue weighted by molar-refractivity contribution is 9.10. The van der Waals surface area contributed by atoms with E-state index in [9.17, 15) is 0 Å². The van der Waals surface area contributed by atoms with Crippen LogP contribution in [-0.4, -0.2) is 4.98 Å². The van der Waals surface area contributed by atoms with Crippen molar-refractivity contribution in [1.29, 1.82) is 5.26 Å². The SMILES string of the molecule is N#Cc1ncc(Br)c2cccc(N)c12. The summed E-state index contributed by atoms with van der Waals surface area (Å²) in [6.45, 7) is 0. The van der Waals surface area contributed by atoms with E-state index < -0.39 is 0 Å². The number of nitriles is 1. The molecule has 0 aliphatic heterocycles. The van der Waals surface area contributed by atoms with E-state index in [0.29, 0.717) is 16.8 Å². The average molecular weight is 248 g/mol. The smallest absolute Gasteiger partial charge is 0.150 e. The fraction of sp³-hybridized carbons (Fsp3) is 0. The lowest BCUT2D eigenvalue weighted by molar-refractivity contribution is 1.29. The van der Waals surface area contributed by atoms with E-state index in [2.05, 4.69) is 20.9 Å². The lowest BCUT2D eigenvalue weighted by Crippen LogP contribution is -1.92. The number of nitrogens with zero attached hydrogens (tertiary/aromatic N) is 2. The van der Waals surface area contributed by atoms with Crippen LogP contribution in [0.15, 0.2) is 28.9 Å². The van der Waals surface area contributed by atoms with Gasteiger partial charge < -0.3 is 5.73 Å². The van der Waals surface area contributed by atoms with Gasteiger partial charge in [0, 0.05) is 27.1 Å². The number of nitrogen functional groups attached to an aromatic ring is 1. The summed E-state index contributed by atoms with van der Waals surface area (Å²) in [5.41, 5.74) is 6.73. The topological polar surface area (TPSA) is 62.7 Å². The van der Waals surface area contributed by atoms with Crippen molar-refractivity contribution in [2.75, 3.05) is 5.73 Å². The third-order valence-electron chi connectivity index (χ3n) is 2.00. The minimum Gasteiger partial charge on any atom is -0.398 e. The maximum atomic E-state index is 8.87. The predicted molar refractivity (Wildman–Crippen MR) is 58.6 cm³/mol. The van der Waals surface area contributed by atoms with Gasteiger partial charge in [-0.1, -0.05) is 12.1 Å². The molecule has 0 saturated carbocycles. The van der Waals surface area contributed by atoms with Gasteiger partial charge in [-0.05, 0) is 22.0 Å². The molecular formula is C10H6BrN3. The molecule has 0 saturated heterocycles. The number of anilines is 1. The average Bonchev–Trinajstić information content (AvgIpc) is 2.20. The van der Waals surface area contributed by atoms with Gasteiger partial charge in [-0.15, -0.1) is 0 Å². The van der Waals surface area contributed by atoms with Gasteiger partial charge in [0.25, 0.3) is 0 Å². The zero-order chi connectivity index (χ0) is 10.1.